The molecule has 0 saturated heterocycles. The molecule has 1 heterocycles. The molecular formula is C23H21N3O3S. The van der Waals surface area contributed by atoms with Crippen LogP contribution in [0.4, 0.5) is 11.4 Å². The number of anilines is 2. The van der Waals surface area contributed by atoms with E-state index >= 15 is 0 Å². The fraction of sp³-hybridized carbons (Fsp3) is 0.174. The summed E-state index contributed by atoms with van der Waals surface area (Å²) >= 11 is 1.34. The van der Waals surface area contributed by atoms with Crippen molar-refractivity contribution in [2.24, 2.45) is 5.92 Å². The predicted molar refractivity (Wildman–Crippen MR) is 118 cm³/mol. The number of para-hydroxylation sites is 1. The van der Waals surface area contributed by atoms with Crippen LogP contribution in [0.15, 0.2) is 66.0 Å². The maximum absolute atomic E-state index is 12.7. The molecule has 7 heteroatoms. The van der Waals surface area contributed by atoms with E-state index < -0.39 is 0 Å². The molecule has 0 aliphatic heterocycles. The van der Waals surface area contributed by atoms with Gasteiger partial charge in [0.25, 0.3) is 11.8 Å². The van der Waals surface area contributed by atoms with Crippen LogP contribution in [0.3, 0.4) is 0 Å². The highest BCUT2D eigenvalue weighted by Crippen LogP contribution is 2.30. The van der Waals surface area contributed by atoms with E-state index in [9.17, 15) is 14.4 Å². The first kappa shape index (κ1) is 19.8. The maximum Gasteiger partial charge on any atom is 0.265 e. The molecule has 1 saturated carbocycles. The van der Waals surface area contributed by atoms with Crippen LogP contribution in [0.5, 0.6) is 0 Å². The minimum absolute atomic E-state index is 0.0669. The minimum atomic E-state index is -0.275. The fourth-order valence-electron chi connectivity index (χ4n) is 2.96. The average Bonchev–Trinajstić information content (AvgIpc) is 3.47. The van der Waals surface area contributed by atoms with Gasteiger partial charge in [-0.2, -0.15) is 0 Å². The van der Waals surface area contributed by atoms with E-state index in [-0.39, 0.29) is 23.6 Å². The van der Waals surface area contributed by atoms with Gasteiger partial charge in [-0.25, -0.2) is 0 Å². The van der Waals surface area contributed by atoms with Crippen LogP contribution in [0.25, 0.3) is 0 Å². The summed E-state index contributed by atoms with van der Waals surface area (Å²) in [6.07, 6.45) is 1.93. The van der Waals surface area contributed by atoms with E-state index in [0.717, 1.165) is 24.1 Å². The number of nitrogens with one attached hydrogen (secondary N) is 3. The number of thiophene rings is 1. The molecule has 1 aliphatic rings. The monoisotopic (exact) mass is 419 g/mol. The van der Waals surface area contributed by atoms with Crippen LogP contribution in [0, 0.1) is 5.92 Å². The van der Waals surface area contributed by atoms with Gasteiger partial charge < -0.3 is 16.0 Å². The maximum atomic E-state index is 12.7. The predicted octanol–water partition coefficient (Wildman–Crippen LogP) is 4.28. The molecule has 0 unspecified atom stereocenters. The Labute approximate surface area is 178 Å². The van der Waals surface area contributed by atoms with Gasteiger partial charge in [0.15, 0.2) is 0 Å². The van der Waals surface area contributed by atoms with Crippen molar-refractivity contribution in [2.45, 2.75) is 19.4 Å². The summed E-state index contributed by atoms with van der Waals surface area (Å²) in [5.74, 6) is -0.293. The number of hydrogen-bond donors (Lipinski definition) is 3. The highest BCUT2D eigenvalue weighted by Gasteiger charge is 2.29. The Bertz CT molecular complexity index is 1060. The molecule has 0 bridgehead atoms. The molecule has 152 valence electrons. The zero-order valence-corrected chi connectivity index (χ0v) is 17.0. The molecule has 0 radical (unpaired) electrons. The summed E-state index contributed by atoms with van der Waals surface area (Å²) < 4.78 is 0. The second kappa shape index (κ2) is 8.92. The van der Waals surface area contributed by atoms with Gasteiger partial charge in [0.2, 0.25) is 5.91 Å². The van der Waals surface area contributed by atoms with Crippen LogP contribution in [0.1, 0.15) is 38.4 Å². The Balaban J connectivity index is 1.36. The molecule has 0 atom stereocenters. The van der Waals surface area contributed by atoms with Crippen molar-refractivity contribution in [3.05, 3.63) is 82.0 Å². The summed E-state index contributed by atoms with van der Waals surface area (Å²) in [6.45, 7) is 0.336. The largest absolute Gasteiger partial charge is 0.348 e. The number of carbonyl (C=O) groups excluding carboxylic acids is 3. The zero-order chi connectivity index (χ0) is 20.9. The van der Waals surface area contributed by atoms with E-state index in [1.54, 1.807) is 36.4 Å². The lowest BCUT2D eigenvalue weighted by Gasteiger charge is -2.11. The Morgan fingerprint density at radius 1 is 0.867 bits per heavy atom. The molecule has 3 N–H and O–H groups in total. The minimum Gasteiger partial charge on any atom is -0.348 e. The van der Waals surface area contributed by atoms with E-state index in [4.69, 9.17) is 0 Å². The van der Waals surface area contributed by atoms with Crippen LogP contribution < -0.4 is 16.0 Å². The van der Waals surface area contributed by atoms with Gasteiger partial charge in [0.1, 0.15) is 0 Å². The lowest BCUT2D eigenvalue weighted by Crippen LogP contribution is -2.24. The SMILES string of the molecule is O=C(Nc1ccccc1C(=O)NCc1ccc(NC(=O)C2CC2)cc1)c1cccs1. The summed E-state index contributed by atoms with van der Waals surface area (Å²) in [6, 6.07) is 17.9. The number of benzene rings is 2. The van der Waals surface area contributed by atoms with Gasteiger partial charge >= 0.3 is 0 Å². The highest BCUT2D eigenvalue weighted by atomic mass is 32.1. The molecule has 1 aromatic heterocycles. The molecule has 6 nitrogen and oxygen atoms in total. The van der Waals surface area contributed by atoms with Gasteiger partial charge in [-0.1, -0.05) is 30.3 Å². The smallest absolute Gasteiger partial charge is 0.265 e. The van der Waals surface area contributed by atoms with Crippen molar-refractivity contribution in [1.29, 1.82) is 0 Å². The van der Waals surface area contributed by atoms with Crippen LogP contribution in [-0.2, 0) is 11.3 Å². The van der Waals surface area contributed by atoms with Crippen molar-refractivity contribution < 1.29 is 14.4 Å². The van der Waals surface area contributed by atoms with E-state index in [0.29, 0.717) is 22.7 Å². The van der Waals surface area contributed by atoms with Gasteiger partial charge in [-0.15, -0.1) is 11.3 Å². The molecule has 30 heavy (non-hydrogen) atoms. The Morgan fingerprint density at radius 2 is 1.63 bits per heavy atom. The van der Waals surface area contributed by atoms with Gasteiger partial charge in [-0.3, -0.25) is 14.4 Å². The molecule has 1 fully saturated rings. The van der Waals surface area contributed by atoms with Crippen molar-refractivity contribution >= 4 is 40.4 Å². The van der Waals surface area contributed by atoms with E-state index in [1.165, 1.54) is 11.3 Å². The topological polar surface area (TPSA) is 87.3 Å². The van der Waals surface area contributed by atoms with Crippen molar-refractivity contribution in [2.75, 3.05) is 10.6 Å². The number of carbonyl (C=O) groups is 3. The molecule has 0 spiro atoms. The molecule has 2 aromatic carbocycles. The Morgan fingerprint density at radius 3 is 2.33 bits per heavy atom. The normalized spacial score (nSPS) is 12.8. The first-order chi connectivity index (χ1) is 14.6. The lowest BCUT2D eigenvalue weighted by molar-refractivity contribution is -0.117. The van der Waals surface area contributed by atoms with Crippen molar-refractivity contribution in [3.8, 4) is 0 Å². The molecule has 3 aromatic rings. The summed E-state index contributed by atoms with van der Waals surface area (Å²) in [7, 11) is 0. The molecule has 1 aliphatic carbocycles. The summed E-state index contributed by atoms with van der Waals surface area (Å²) in [5.41, 5.74) is 2.53. The Hall–Kier alpha value is -3.45. The second-order valence-corrected chi connectivity index (χ2v) is 8.07. The van der Waals surface area contributed by atoms with Crippen LogP contribution in [0.2, 0.25) is 0 Å². The first-order valence-electron chi connectivity index (χ1n) is 9.72. The van der Waals surface area contributed by atoms with Gasteiger partial charge in [0, 0.05) is 18.2 Å². The number of rotatable bonds is 7. The van der Waals surface area contributed by atoms with Crippen molar-refractivity contribution in [3.63, 3.8) is 0 Å². The summed E-state index contributed by atoms with van der Waals surface area (Å²) in [5, 5.41) is 10.4. The average molecular weight is 420 g/mol. The Kier molecular flexibility index (Phi) is 5.90. The third-order valence-corrected chi connectivity index (χ3v) is 5.66. The second-order valence-electron chi connectivity index (χ2n) is 7.12. The first-order valence-corrected chi connectivity index (χ1v) is 10.6. The van der Waals surface area contributed by atoms with E-state index in [2.05, 4.69) is 16.0 Å². The number of hydrogen-bond acceptors (Lipinski definition) is 4. The van der Waals surface area contributed by atoms with Gasteiger partial charge in [-0.05, 0) is 54.1 Å². The molecule has 4 rings (SSSR count). The highest BCUT2D eigenvalue weighted by molar-refractivity contribution is 7.12. The lowest BCUT2D eigenvalue weighted by atomic mass is 10.1. The summed E-state index contributed by atoms with van der Waals surface area (Å²) in [4.78, 5) is 37.4. The third kappa shape index (κ3) is 4.93. The van der Waals surface area contributed by atoms with Crippen LogP contribution in [-0.4, -0.2) is 17.7 Å². The van der Waals surface area contributed by atoms with Crippen molar-refractivity contribution in [1.82, 2.24) is 5.32 Å². The third-order valence-electron chi connectivity index (χ3n) is 4.79. The molecule has 3 amide bonds. The number of amides is 3. The van der Waals surface area contributed by atoms with Crippen LogP contribution >= 0.6 is 11.3 Å². The fourth-order valence-corrected chi connectivity index (χ4v) is 3.57. The quantitative estimate of drug-likeness (QED) is 0.534. The van der Waals surface area contributed by atoms with Gasteiger partial charge in [0.05, 0.1) is 16.1 Å². The zero-order valence-electron chi connectivity index (χ0n) is 16.2. The standard InChI is InChI=1S/C23H21N3O3S/c27-21(16-9-10-16)25-17-11-7-15(8-12-17)14-24-22(28)18-4-1-2-5-19(18)26-23(29)20-6-3-13-30-20/h1-8,11-13,16H,9-10,14H2,(H,24,28)(H,25,27)(H,26,29). The van der Waals surface area contributed by atoms with E-state index in [1.807, 2.05) is 29.6 Å². The molecular weight excluding hydrogens is 398 g/mol.